The lowest BCUT2D eigenvalue weighted by atomic mass is 9.89. The number of aryl methyl sites for hydroxylation is 2. The Balaban J connectivity index is 1.49. The number of ether oxygens (including phenoxy) is 1. The van der Waals surface area contributed by atoms with Gasteiger partial charge in [-0.15, -0.1) is 10.2 Å². The van der Waals surface area contributed by atoms with Crippen molar-refractivity contribution in [3.8, 4) is 28.4 Å². The Morgan fingerprint density at radius 1 is 0.943 bits per heavy atom. The highest BCUT2D eigenvalue weighted by Crippen LogP contribution is 2.38. The van der Waals surface area contributed by atoms with Gasteiger partial charge in [-0.1, -0.05) is 41.4 Å². The average molecular weight is 513 g/mol. The smallest absolute Gasteiger partial charge is 0.349 e. The van der Waals surface area contributed by atoms with Gasteiger partial charge in [0.1, 0.15) is 0 Å². The molecule has 2 aromatic heterocycles. The van der Waals surface area contributed by atoms with Crippen LogP contribution in [0.15, 0.2) is 50.8 Å². The lowest BCUT2D eigenvalue weighted by Crippen LogP contribution is -2.33. The van der Waals surface area contributed by atoms with Gasteiger partial charge in [-0.3, -0.25) is 14.6 Å². The first-order valence-corrected chi connectivity index (χ1v) is 11.4. The van der Waals surface area contributed by atoms with Crippen molar-refractivity contribution >= 4 is 29.0 Å². The number of aromatic amines is 2. The summed E-state index contributed by atoms with van der Waals surface area (Å²) in [5.41, 5.74) is 7.37. The monoisotopic (exact) mass is 512 g/mol. The van der Waals surface area contributed by atoms with Crippen LogP contribution in [-0.4, -0.2) is 25.0 Å². The van der Waals surface area contributed by atoms with Gasteiger partial charge in [-0.05, 0) is 54.5 Å². The van der Waals surface area contributed by atoms with E-state index in [4.69, 9.17) is 33.7 Å². The number of nitrogens with zero attached hydrogens (tertiary/aromatic N) is 3. The topological polar surface area (TPSA) is 149 Å². The van der Waals surface area contributed by atoms with E-state index in [0.29, 0.717) is 5.56 Å². The van der Waals surface area contributed by atoms with Crippen molar-refractivity contribution in [2.24, 2.45) is 0 Å². The highest BCUT2D eigenvalue weighted by atomic mass is 35.5. The summed E-state index contributed by atoms with van der Waals surface area (Å²) in [5.74, 6) is -0.278. The lowest BCUT2D eigenvalue weighted by molar-refractivity contribution is 0.455. The maximum absolute atomic E-state index is 12.5. The molecule has 0 fully saturated rings. The number of nitrogens with one attached hydrogen (secondary N) is 2. The van der Waals surface area contributed by atoms with Crippen molar-refractivity contribution in [3.63, 3.8) is 0 Å². The van der Waals surface area contributed by atoms with E-state index in [9.17, 15) is 14.4 Å². The predicted molar refractivity (Wildman–Crippen MR) is 132 cm³/mol. The molecule has 0 unspecified atom stereocenters. The molecule has 0 saturated heterocycles. The van der Waals surface area contributed by atoms with E-state index >= 15 is 0 Å². The van der Waals surface area contributed by atoms with Crippen LogP contribution in [0, 0.1) is 0 Å². The third kappa shape index (κ3) is 4.45. The maximum Gasteiger partial charge on any atom is 0.349 e. The molecular weight excluding hydrogens is 495 g/mol. The number of nitrogens with two attached hydrogens (primary N) is 1. The summed E-state index contributed by atoms with van der Waals surface area (Å²) in [4.78, 5) is 38.2. The second-order valence-corrected chi connectivity index (χ2v) is 8.85. The van der Waals surface area contributed by atoms with E-state index in [1.807, 2.05) is 17.1 Å². The fourth-order valence-electron chi connectivity index (χ4n) is 4.01. The fourth-order valence-corrected chi connectivity index (χ4v) is 4.57. The van der Waals surface area contributed by atoms with Crippen LogP contribution in [0.25, 0.3) is 16.8 Å². The quantitative estimate of drug-likeness (QED) is 0.379. The van der Waals surface area contributed by atoms with Crippen LogP contribution in [0.5, 0.6) is 11.6 Å². The third-order valence-electron chi connectivity index (χ3n) is 5.73. The minimum atomic E-state index is -0.818. The zero-order valence-corrected chi connectivity index (χ0v) is 19.6. The molecule has 2 heterocycles. The molecule has 0 amide bonds. The Kier molecular flexibility index (Phi) is 5.91. The van der Waals surface area contributed by atoms with Crippen LogP contribution in [0.4, 0.5) is 5.82 Å². The Bertz CT molecular complexity index is 1620. The van der Waals surface area contributed by atoms with E-state index in [2.05, 4.69) is 21.4 Å². The normalized spacial score (nSPS) is 12.9. The SMILES string of the molecule is Nc1nn(-c2cc(Cl)c(Oc3cc(-c4ccc5c(c4)CCCC5)c(=O)[nH]n3)c(Cl)c2)c(=O)[nH]c1=O. The molecule has 1 aliphatic carbocycles. The first-order chi connectivity index (χ1) is 16.8. The molecule has 0 saturated carbocycles. The molecule has 0 spiro atoms. The van der Waals surface area contributed by atoms with Crippen LogP contribution in [0.1, 0.15) is 24.0 Å². The van der Waals surface area contributed by atoms with Gasteiger partial charge in [0.2, 0.25) is 11.7 Å². The first-order valence-electron chi connectivity index (χ1n) is 10.7. The van der Waals surface area contributed by atoms with Gasteiger partial charge in [0, 0.05) is 6.07 Å². The highest BCUT2D eigenvalue weighted by molar-refractivity contribution is 6.37. The van der Waals surface area contributed by atoms with Crippen molar-refractivity contribution in [1.82, 2.24) is 25.0 Å². The average Bonchev–Trinajstić information content (AvgIpc) is 2.84. The molecule has 0 aliphatic heterocycles. The Hall–Kier alpha value is -3.89. The van der Waals surface area contributed by atoms with Gasteiger partial charge in [-0.2, -0.15) is 4.68 Å². The van der Waals surface area contributed by atoms with Gasteiger partial charge in [0.15, 0.2) is 5.75 Å². The Morgan fingerprint density at radius 2 is 1.66 bits per heavy atom. The predicted octanol–water partition coefficient (Wildman–Crippen LogP) is 3.23. The summed E-state index contributed by atoms with van der Waals surface area (Å²) in [6, 6.07) is 10.2. The number of rotatable bonds is 4. The number of hydrogen-bond acceptors (Lipinski definition) is 7. The summed E-state index contributed by atoms with van der Waals surface area (Å²) in [6.07, 6.45) is 4.31. The molecule has 0 radical (unpaired) electrons. The highest BCUT2D eigenvalue weighted by Gasteiger charge is 2.17. The van der Waals surface area contributed by atoms with E-state index in [1.165, 1.54) is 35.7 Å². The van der Waals surface area contributed by atoms with E-state index < -0.39 is 17.1 Å². The molecule has 178 valence electrons. The Labute approximate surface area is 207 Å². The van der Waals surface area contributed by atoms with E-state index in [0.717, 1.165) is 29.5 Å². The van der Waals surface area contributed by atoms with Crippen LogP contribution >= 0.6 is 23.2 Å². The first kappa shape index (κ1) is 22.9. The number of H-pyrrole nitrogens is 2. The van der Waals surface area contributed by atoms with Gasteiger partial charge < -0.3 is 10.5 Å². The number of benzene rings is 2. The van der Waals surface area contributed by atoms with Crippen molar-refractivity contribution in [2.75, 3.05) is 5.73 Å². The summed E-state index contributed by atoms with van der Waals surface area (Å²) >= 11 is 12.7. The molecule has 35 heavy (non-hydrogen) atoms. The summed E-state index contributed by atoms with van der Waals surface area (Å²) in [6.45, 7) is 0. The maximum atomic E-state index is 12.5. The summed E-state index contributed by atoms with van der Waals surface area (Å²) in [5, 5.41) is 10.2. The molecule has 5 rings (SSSR count). The van der Waals surface area contributed by atoms with Crippen LogP contribution in [0.2, 0.25) is 10.0 Å². The molecule has 4 aromatic rings. The number of halogens is 2. The molecule has 2 aromatic carbocycles. The Morgan fingerprint density at radius 3 is 2.40 bits per heavy atom. The van der Waals surface area contributed by atoms with Gasteiger partial charge in [-0.25, -0.2) is 9.89 Å². The number of fused-ring (bicyclic) bond motifs is 1. The molecule has 0 bridgehead atoms. The molecular formula is C23H18Cl2N6O4. The molecule has 4 N–H and O–H groups in total. The van der Waals surface area contributed by atoms with Crippen molar-refractivity contribution in [2.45, 2.75) is 25.7 Å². The number of hydrogen-bond donors (Lipinski definition) is 3. The minimum Gasteiger partial charge on any atom is -0.434 e. The van der Waals surface area contributed by atoms with E-state index in [1.54, 1.807) is 0 Å². The molecule has 10 nitrogen and oxygen atoms in total. The second-order valence-electron chi connectivity index (χ2n) is 8.04. The van der Waals surface area contributed by atoms with Gasteiger partial charge in [0.25, 0.3) is 11.1 Å². The number of anilines is 1. The largest absolute Gasteiger partial charge is 0.434 e. The van der Waals surface area contributed by atoms with Crippen LogP contribution in [0.3, 0.4) is 0 Å². The number of aromatic nitrogens is 5. The number of nitrogen functional groups attached to an aromatic ring is 1. The fraction of sp³-hybridized carbons (Fsp3) is 0.174. The van der Waals surface area contributed by atoms with E-state index in [-0.39, 0.29) is 32.9 Å². The van der Waals surface area contributed by atoms with Crippen molar-refractivity contribution in [1.29, 1.82) is 0 Å². The van der Waals surface area contributed by atoms with Crippen molar-refractivity contribution < 1.29 is 4.74 Å². The second kappa shape index (κ2) is 9.05. The van der Waals surface area contributed by atoms with Crippen LogP contribution in [-0.2, 0) is 12.8 Å². The lowest BCUT2D eigenvalue weighted by Gasteiger charge is -2.16. The van der Waals surface area contributed by atoms with Crippen molar-refractivity contribution in [3.05, 3.63) is 88.8 Å². The summed E-state index contributed by atoms with van der Waals surface area (Å²) in [7, 11) is 0. The zero-order chi connectivity index (χ0) is 24.7. The molecule has 0 atom stereocenters. The third-order valence-corrected chi connectivity index (χ3v) is 6.29. The molecule has 1 aliphatic rings. The van der Waals surface area contributed by atoms with Crippen LogP contribution < -0.4 is 27.3 Å². The standard InChI is InChI=1S/C23H18Cl2N6O4/c24-16-8-14(31-23(34)27-22(33)20(26)30-31)9-17(25)19(16)35-18-10-15(21(32)29-28-18)13-6-5-11-3-1-2-4-12(11)7-13/h5-10H,1-4H2,(H2,26,30)(H,29,32)(H,27,33,34). The zero-order valence-electron chi connectivity index (χ0n) is 18.1. The summed E-state index contributed by atoms with van der Waals surface area (Å²) < 4.78 is 6.65. The molecule has 12 heteroatoms. The van der Waals surface area contributed by atoms with Gasteiger partial charge in [0.05, 0.1) is 21.3 Å². The van der Waals surface area contributed by atoms with Gasteiger partial charge >= 0.3 is 5.69 Å². The minimum absolute atomic E-state index is 0.0364.